The third kappa shape index (κ3) is 3.33. The van der Waals surface area contributed by atoms with Crippen LogP contribution in [-0.4, -0.2) is 27.6 Å². The first kappa shape index (κ1) is 19.4. The molecule has 0 bridgehead atoms. The standard InChI is InChI=1S/C24H22ClN3O2/c1-23(2)29-15-21(30-23)17-11-18(14-26-12-17)24(9-7-19(25)8-10-24)22-20-6-4-3-5-16(20)13-27-28-22/h3-9,11-14,21H,10,15H2,1-2H3. The van der Waals surface area contributed by atoms with Gasteiger partial charge in [-0.25, -0.2) is 0 Å². The summed E-state index contributed by atoms with van der Waals surface area (Å²) in [5.41, 5.74) is 2.38. The first-order valence-corrected chi connectivity index (χ1v) is 10.4. The summed E-state index contributed by atoms with van der Waals surface area (Å²) in [4.78, 5) is 4.55. The number of aromatic nitrogens is 3. The Hall–Kier alpha value is -2.60. The molecule has 2 aromatic heterocycles. The van der Waals surface area contributed by atoms with Crippen molar-refractivity contribution in [3.63, 3.8) is 0 Å². The largest absolute Gasteiger partial charge is 0.347 e. The van der Waals surface area contributed by atoms with Crippen molar-refractivity contribution >= 4 is 22.4 Å². The molecule has 1 fully saturated rings. The number of rotatable bonds is 3. The topological polar surface area (TPSA) is 57.1 Å². The number of ether oxygens (including phenoxy) is 2. The molecule has 152 valence electrons. The van der Waals surface area contributed by atoms with E-state index in [0.29, 0.717) is 13.0 Å². The highest BCUT2D eigenvalue weighted by molar-refractivity contribution is 6.31. The molecule has 0 N–H and O–H groups in total. The number of benzene rings is 1. The van der Waals surface area contributed by atoms with Crippen LogP contribution in [0.15, 0.2) is 72.2 Å². The monoisotopic (exact) mass is 419 g/mol. The minimum atomic E-state index is -0.597. The first-order valence-electron chi connectivity index (χ1n) is 10.00. The Bertz CT molecular complexity index is 1170. The van der Waals surface area contributed by atoms with Crippen molar-refractivity contribution in [1.29, 1.82) is 0 Å². The minimum absolute atomic E-state index is 0.158. The number of hydrogen-bond donors (Lipinski definition) is 0. The van der Waals surface area contributed by atoms with Gasteiger partial charge in [-0.3, -0.25) is 4.98 Å². The molecular weight excluding hydrogens is 398 g/mol. The Morgan fingerprint density at radius 3 is 2.77 bits per heavy atom. The average molecular weight is 420 g/mol. The second-order valence-electron chi connectivity index (χ2n) is 8.20. The normalized spacial score (nSPS) is 25.4. The molecule has 0 amide bonds. The van der Waals surface area contributed by atoms with Crippen LogP contribution in [0.5, 0.6) is 0 Å². The van der Waals surface area contributed by atoms with Crippen LogP contribution in [0.4, 0.5) is 0 Å². The van der Waals surface area contributed by atoms with Crippen molar-refractivity contribution < 1.29 is 9.47 Å². The smallest absolute Gasteiger partial charge is 0.163 e. The summed E-state index contributed by atoms with van der Waals surface area (Å²) in [6.45, 7) is 4.35. The number of fused-ring (bicyclic) bond motifs is 1. The summed E-state index contributed by atoms with van der Waals surface area (Å²) in [7, 11) is 0. The van der Waals surface area contributed by atoms with Crippen LogP contribution in [0, 0.1) is 0 Å². The van der Waals surface area contributed by atoms with E-state index in [-0.39, 0.29) is 6.10 Å². The number of allylic oxidation sites excluding steroid dienone is 4. The molecule has 2 aliphatic rings. The van der Waals surface area contributed by atoms with Crippen molar-refractivity contribution in [2.75, 3.05) is 6.61 Å². The predicted molar refractivity (Wildman–Crippen MR) is 116 cm³/mol. The Morgan fingerprint density at radius 2 is 2.00 bits per heavy atom. The Labute approximate surface area is 180 Å². The van der Waals surface area contributed by atoms with E-state index in [1.54, 1.807) is 6.20 Å². The maximum atomic E-state index is 6.29. The number of nitrogens with zero attached hydrogens (tertiary/aromatic N) is 3. The van der Waals surface area contributed by atoms with Crippen molar-refractivity contribution in [3.05, 3.63) is 89.0 Å². The molecule has 2 unspecified atom stereocenters. The molecule has 5 rings (SSSR count). The molecular formula is C24H22ClN3O2. The van der Waals surface area contributed by atoms with E-state index in [4.69, 9.17) is 21.1 Å². The molecule has 1 aromatic carbocycles. The zero-order valence-electron chi connectivity index (χ0n) is 16.9. The predicted octanol–water partition coefficient (Wildman–Crippen LogP) is 5.22. The van der Waals surface area contributed by atoms with E-state index >= 15 is 0 Å². The van der Waals surface area contributed by atoms with Gasteiger partial charge in [-0.05, 0) is 38.0 Å². The van der Waals surface area contributed by atoms with E-state index in [1.165, 1.54) is 0 Å². The molecule has 3 heterocycles. The maximum absolute atomic E-state index is 6.29. The third-order valence-corrected chi connectivity index (χ3v) is 6.07. The Morgan fingerprint density at radius 1 is 1.13 bits per heavy atom. The molecule has 0 radical (unpaired) electrons. The van der Waals surface area contributed by atoms with E-state index < -0.39 is 11.2 Å². The lowest BCUT2D eigenvalue weighted by molar-refractivity contribution is -0.139. The molecule has 1 aliphatic heterocycles. The first-order chi connectivity index (χ1) is 14.5. The second kappa shape index (κ2) is 7.27. The molecule has 2 atom stereocenters. The summed E-state index contributed by atoms with van der Waals surface area (Å²) < 4.78 is 11.8. The van der Waals surface area contributed by atoms with Gasteiger partial charge in [0, 0.05) is 33.8 Å². The molecule has 5 nitrogen and oxygen atoms in total. The fourth-order valence-corrected chi connectivity index (χ4v) is 4.37. The molecule has 3 aromatic rings. The molecule has 6 heteroatoms. The van der Waals surface area contributed by atoms with Crippen LogP contribution in [-0.2, 0) is 14.9 Å². The summed E-state index contributed by atoms with van der Waals surface area (Å²) in [5.74, 6) is -0.597. The van der Waals surface area contributed by atoms with Gasteiger partial charge in [-0.1, -0.05) is 48.0 Å². The van der Waals surface area contributed by atoms with E-state index in [0.717, 1.165) is 32.6 Å². The molecule has 0 saturated carbocycles. The van der Waals surface area contributed by atoms with Crippen molar-refractivity contribution in [3.8, 4) is 0 Å². The number of halogens is 1. The summed E-state index contributed by atoms with van der Waals surface area (Å²) >= 11 is 6.29. The van der Waals surface area contributed by atoms with Crippen molar-refractivity contribution in [2.24, 2.45) is 0 Å². The molecule has 1 aliphatic carbocycles. The lowest BCUT2D eigenvalue weighted by Gasteiger charge is -2.32. The second-order valence-corrected chi connectivity index (χ2v) is 8.64. The Kier molecular flexibility index (Phi) is 4.69. The van der Waals surface area contributed by atoms with Gasteiger partial charge in [-0.2, -0.15) is 10.2 Å². The Balaban J connectivity index is 1.66. The van der Waals surface area contributed by atoms with Crippen molar-refractivity contribution in [1.82, 2.24) is 15.2 Å². The summed E-state index contributed by atoms with van der Waals surface area (Å²) in [5, 5.41) is 11.7. The van der Waals surface area contributed by atoms with Gasteiger partial charge in [0.05, 0.1) is 23.9 Å². The van der Waals surface area contributed by atoms with Gasteiger partial charge in [0.25, 0.3) is 0 Å². The SMILES string of the molecule is CC1(C)OCC(c2cncc(C3(c4nncc5ccccc45)C=CC(Cl)=CC3)c2)O1. The van der Waals surface area contributed by atoms with Gasteiger partial charge in [0.2, 0.25) is 0 Å². The number of pyridine rings is 1. The fraction of sp³-hybridized carbons (Fsp3) is 0.292. The van der Waals surface area contributed by atoms with E-state index in [1.807, 2.05) is 50.5 Å². The third-order valence-electron chi connectivity index (χ3n) is 5.79. The van der Waals surface area contributed by atoms with Gasteiger partial charge < -0.3 is 9.47 Å². The van der Waals surface area contributed by atoms with Gasteiger partial charge >= 0.3 is 0 Å². The molecule has 30 heavy (non-hydrogen) atoms. The van der Waals surface area contributed by atoms with E-state index in [2.05, 4.69) is 39.5 Å². The van der Waals surface area contributed by atoms with E-state index in [9.17, 15) is 0 Å². The maximum Gasteiger partial charge on any atom is 0.163 e. The minimum Gasteiger partial charge on any atom is -0.347 e. The summed E-state index contributed by atoms with van der Waals surface area (Å²) in [6.07, 6.45) is 12.1. The lowest BCUT2D eigenvalue weighted by Crippen LogP contribution is -2.29. The van der Waals surface area contributed by atoms with Crippen LogP contribution in [0.3, 0.4) is 0 Å². The summed E-state index contributed by atoms with van der Waals surface area (Å²) in [6, 6.07) is 10.3. The van der Waals surface area contributed by atoms with Gasteiger partial charge in [0.15, 0.2) is 5.79 Å². The van der Waals surface area contributed by atoms with Gasteiger partial charge in [-0.15, -0.1) is 0 Å². The average Bonchev–Trinajstić information content (AvgIpc) is 3.14. The fourth-order valence-electron chi connectivity index (χ4n) is 4.23. The highest BCUT2D eigenvalue weighted by Crippen LogP contribution is 2.43. The molecule has 0 spiro atoms. The van der Waals surface area contributed by atoms with Crippen molar-refractivity contribution in [2.45, 2.75) is 37.6 Å². The van der Waals surface area contributed by atoms with Gasteiger partial charge in [0.1, 0.15) is 6.10 Å². The highest BCUT2D eigenvalue weighted by Gasteiger charge is 2.38. The van der Waals surface area contributed by atoms with Crippen LogP contribution >= 0.6 is 11.6 Å². The zero-order chi connectivity index (χ0) is 20.8. The van der Waals surface area contributed by atoms with Crippen LogP contribution in [0.25, 0.3) is 10.8 Å². The number of hydrogen-bond acceptors (Lipinski definition) is 5. The van der Waals surface area contributed by atoms with Crippen LogP contribution in [0.1, 0.15) is 43.2 Å². The van der Waals surface area contributed by atoms with Crippen LogP contribution in [0.2, 0.25) is 0 Å². The van der Waals surface area contributed by atoms with Crippen LogP contribution < -0.4 is 0 Å². The molecule has 1 saturated heterocycles. The lowest BCUT2D eigenvalue weighted by atomic mass is 9.72. The highest BCUT2D eigenvalue weighted by atomic mass is 35.5. The quantitative estimate of drug-likeness (QED) is 0.582. The zero-order valence-corrected chi connectivity index (χ0v) is 17.6.